The summed E-state index contributed by atoms with van der Waals surface area (Å²) in [5.41, 5.74) is 1.98. The van der Waals surface area contributed by atoms with Gasteiger partial charge in [-0.2, -0.15) is 0 Å². The number of rotatable bonds is 7. The first-order chi connectivity index (χ1) is 14.4. The van der Waals surface area contributed by atoms with Crippen molar-refractivity contribution in [3.05, 3.63) is 64.8 Å². The van der Waals surface area contributed by atoms with Gasteiger partial charge in [-0.05, 0) is 48.2 Å². The molecule has 1 aliphatic heterocycles. The summed E-state index contributed by atoms with van der Waals surface area (Å²) in [6.07, 6.45) is 2.70. The Morgan fingerprint density at radius 3 is 2.67 bits per heavy atom. The third kappa shape index (κ3) is 4.08. The number of ketones is 1. The summed E-state index contributed by atoms with van der Waals surface area (Å²) in [7, 11) is 0. The number of hydrogen-bond acceptors (Lipinski definition) is 4. The van der Waals surface area contributed by atoms with Crippen LogP contribution in [0.3, 0.4) is 0 Å². The van der Waals surface area contributed by atoms with Crippen LogP contribution in [-0.4, -0.2) is 21.7 Å². The zero-order valence-corrected chi connectivity index (χ0v) is 17.9. The molecule has 0 saturated heterocycles. The second kappa shape index (κ2) is 8.52. The molecule has 1 aromatic carbocycles. The van der Waals surface area contributed by atoms with Gasteiger partial charge in [0, 0.05) is 23.8 Å². The molecule has 0 bridgehead atoms. The van der Waals surface area contributed by atoms with E-state index in [0.717, 1.165) is 23.8 Å². The summed E-state index contributed by atoms with van der Waals surface area (Å²) in [5, 5.41) is 1.19. The predicted octanol–water partition coefficient (Wildman–Crippen LogP) is 5.77. The number of nitrogens with zero attached hydrogens (tertiary/aromatic N) is 3. The van der Waals surface area contributed by atoms with Crippen molar-refractivity contribution >= 4 is 40.1 Å². The average Bonchev–Trinajstić information content (AvgIpc) is 2.99. The number of hydrogen-bond donors (Lipinski definition) is 0. The first kappa shape index (κ1) is 20.5. The maximum absolute atomic E-state index is 13.2. The molecule has 5 nitrogen and oxygen atoms in total. The molecule has 0 aliphatic carbocycles. The number of benzene rings is 1. The van der Waals surface area contributed by atoms with Gasteiger partial charge in [0.25, 0.3) is 5.91 Å². The molecular weight excluding hydrogens is 398 g/mol. The lowest BCUT2D eigenvalue weighted by Crippen LogP contribution is -2.30. The molecule has 1 atom stereocenters. The molecule has 2 aromatic heterocycles. The highest BCUT2D eigenvalue weighted by Gasteiger charge is 2.39. The van der Waals surface area contributed by atoms with E-state index in [1.807, 2.05) is 36.4 Å². The Morgan fingerprint density at radius 1 is 1.10 bits per heavy atom. The van der Waals surface area contributed by atoms with Crippen LogP contribution >= 0.6 is 11.6 Å². The van der Waals surface area contributed by atoms with Crippen LogP contribution in [0.15, 0.2) is 48.5 Å². The largest absolute Gasteiger partial charge is 0.300 e. The fraction of sp³-hybridized carbons (Fsp3) is 0.333. The minimum absolute atomic E-state index is 0.139. The van der Waals surface area contributed by atoms with E-state index in [4.69, 9.17) is 11.6 Å². The predicted molar refractivity (Wildman–Crippen MR) is 119 cm³/mol. The molecule has 0 N–H and O–H groups in total. The Bertz CT molecular complexity index is 1110. The highest BCUT2D eigenvalue weighted by atomic mass is 35.5. The quantitative estimate of drug-likeness (QED) is 0.454. The van der Waals surface area contributed by atoms with Crippen LogP contribution < -0.4 is 4.90 Å². The molecule has 0 saturated carbocycles. The van der Waals surface area contributed by atoms with E-state index in [1.54, 1.807) is 17.0 Å². The van der Waals surface area contributed by atoms with Crippen LogP contribution in [0.25, 0.3) is 11.0 Å². The lowest BCUT2D eigenvalue weighted by Gasteiger charge is -2.24. The smallest absolute Gasteiger partial charge is 0.260 e. The monoisotopic (exact) mass is 421 g/mol. The number of fused-ring (bicyclic) bond motifs is 2. The van der Waals surface area contributed by atoms with Gasteiger partial charge in [0.2, 0.25) is 0 Å². The maximum atomic E-state index is 13.2. The molecule has 6 heteroatoms. The second-order valence-electron chi connectivity index (χ2n) is 8.16. The Labute approximate surface area is 181 Å². The van der Waals surface area contributed by atoms with Crippen LogP contribution in [0.1, 0.15) is 61.5 Å². The summed E-state index contributed by atoms with van der Waals surface area (Å²) < 4.78 is 0. The van der Waals surface area contributed by atoms with Crippen LogP contribution in [-0.2, 0) is 4.79 Å². The van der Waals surface area contributed by atoms with Gasteiger partial charge in [0.15, 0.2) is 5.65 Å². The molecule has 0 fully saturated rings. The van der Waals surface area contributed by atoms with E-state index in [0.29, 0.717) is 34.5 Å². The Hall–Kier alpha value is -2.79. The van der Waals surface area contributed by atoms with Gasteiger partial charge < -0.3 is 0 Å². The van der Waals surface area contributed by atoms with Gasteiger partial charge in [-0.15, -0.1) is 0 Å². The molecule has 1 aliphatic rings. The maximum Gasteiger partial charge on any atom is 0.260 e. The summed E-state index contributed by atoms with van der Waals surface area (Å²) in [4.78, 5) is 36.5. The topological polar surface area (TPSA) is 63.2 Å². The van der Waals surface area contributed by atoms with Crippen molar-refractivity contribution in [2.45, 2.75) is 45.6 Å². The fourth-order valence-electron chi connectivity index (χ4n) is 3.98. The first-order valence-corrected chi connectivity index (χ1v) is 10.7. The second-order valence-corrected chi connectivity index (χ2v) is 8.54. The number of carbonyl (C=O) groups excluding carboxylic acids is 2. The third-order valence-corrected chi connectivity index (χ3v) is 5.70. The van der Waals surface area contributed by atoms with Crippen LogP contribution in [0.2, 0.25) is 5.15 Å². The Kier molecular flexibility index (Phi) is 5.82. The lowest BCUT2D eigenvalue weighted by molar-refractivity contribution is -0.119. The highest BCUT2D eigenvalue weighted by Crippen LogP contribution is 2.39. The number of aromatic nitrogens is 2. The zero-order chi connectivity index (χ0) is 21.3. The molecule has 3 heterocycles. The van der Waals surface area contributed by atoms with E-state index < -0.39 is 0 Å². The van der Waals surface area contributed by atoms with E-state index >= 15 is 0 Å². The van der Waals surface area contributed by atoms with Crippen molar-refractivity contribution in [1.29, 1.82) is 0 Å². The third-order valence-electron chi connectivity index (χ3n) is 5.49. The van der Waals surface area contributed by atoms with Gasteiger partial charge in [0.1, 0.15) is 16.8 Å². The number of amides is 1. The van der Waals surface area contributed by atoms with Gasteiger partial charge in [-0.3, -0.25) is 14.5 Å². The van der Waals surface area contributed by atoms with Crippen molar-refractivity contribution in [3.8, 4) is 0 Å². The van der Waals surface area contributed by atoms with Gasteiger partial charge in [-0.25, -0.2) is 9.97 Å². The SMILES string of the molecule is CC(C)CCCC(=O)CC1c2ccccc2C(=O)N1c1ccc2ccc(Cl)nc2n1. The molecule has 30 heavy (non-hydrogen) atoms. The number of Topliss-reactive ketones (excluding diaryl/α,β-unsaturated/α-hetero) is 1. The number of halogens is 1. The standard InChI is InChI=1S/C24H24ClN3O2/c1-15(2)6-5-7-17(29)14-20-18-8-3-4-9-19(18)24(30)28(20)22-13-11-16-10-12-21(25)26-23(16)27-22/h3-4,8-13,15,20H,5-7,14H2,1-2H3. The van der Waals surface area contributed by atoms with Crippen molar-refractivity contribution in [3.63, 3.8) is 0 Å². The van der Waals surface area contributed by atoms with Gasteiger partial charge in [0.05, 0.1) is 6.04 Å². The Balaban J connectivity index is 1.66. The molecule has 1 unspecified atom stereocenters. The van der Waals surface area contributed by atoms with Crippen molar-refractivity contribution < 1.29 is 9.59 Å². The normalized spacial score (nSPS) is 15.8. The molecule has 4 rings (SSSR count). The summed E-state index contributed by atoms with van der Waals surface area (Å²) in [6, 6.07) is 14.4. The number of anilines is 1. The summed E-state index contributed by atoms with van der Waals surface area (Å²) >= 11 is 6.02. The number of carbonyl (C=O) groups is 2. The van der Waals surface area contributed by atoms with Crippen LogP contribution in [0.5, 0.6) is 0 Å². The zero-order valence-electron chi connectivity index (χ0n) is 17.1. The minimum Gasteiger partial charge on any atom is -0.300 e. The van der Waals surface area contributed by atoms with Crippen LogP contribution in [0, 0.1) is 5.92 Å². The lowest BCUT2D eigenvalue weighted by atomic mass is 9.97. The van der Waals surface area contributed by atoms with Crippen molar-refractivity contribution in [2.75, 3.05) is 4.90 Å². The number of pyridine rings is 2. The van der Waals surface area contributed by atoms with Crippen molar-refractivity contribution in [1.82, 2.24) is 9.97 Å². The average molecular weight is 422 g/mol. The minimum atomic E-state index is -0.357. The van der Waals surface area contributed by atoms with E-state index in [2.05, 4.69) is 23.8 Å². The molecule has 0 radical (unpaired) electrons. The highest BCUT2D eigenvalue weighted by molar-refractivity contribution is 6.29. The van der Waals surface area contributed by atoms with E-state index in [9.17, 15) is 9.59 Å². The van der Waals surface area contributed by atoms with Gasteiger partial charge in [-0.1, -0.05) is 50.1 Å². The molecular formula is C24H24ClN3O2. The summed E-state index contributed by atoms with van der Waals surface area (Å²) in [6.45, 7) is 4.31. The van der Waals surface area contributed by atoms with Crippen LogP contribution in [0.4, 0.5) is 5.82 Å². The molecule has 3 aromatic rings. The molecule has 154 valence electrons. The summed E-state index contributed by atoms with van der Waals surface area (Å²) in [5.74, 6) is 1.08. The molecule has 0 spiro atoms. The van der Waals surface area contributed by atoms with Crippen molar-refractivity contribution in [2.24, 2.45) is 5.92 Å². The van der Waals surface area contributed by atoms with E-state index in [-0.39, 0.29) is 24.2 Å². The van der Waals surface area contributed by atoms with Gasteiger partial charge >= 0.3 is 0 Å². The Morgan fingerprint density at radius 2 is 1.87 bits per heavy atom. The molecule has 1 amide bonds. The fourth-order valence-corrected chi connectivity index (χ4v) is 4.13. The van der Waals surface area contributed by atoms with E-state index in [1.165, 1.54) is 0 Å². The first-order valence-electron chi connectivity index (χ1n) is 10.3.